The monoisotopic (exact) mass is 177 g/mol. The lowest BCUT2D eigenvalue weighted by Crippen LogP contribution is -2.31. The van der Waals surface area contributed by atoms with Crippen LogP contribution in [0, 0.1) is 0 Å². The zero-order chi connectivity index (χ0) is 9.23. The molecule has 5 nitrogen and oxygen atoms in total. The molecule has 0 spiro atoms. The quantitative estimate of drug-likeness (QED) is 0.215. The molecule has 0 atom stereocenters. The third-order valence-electron chi connectivity index (χ3n) is 1.38. The molecule has 0 saturated carbocycles. The Labute approximate surface area is 73.0 Å². The molecular weight excluding hydrogens is 158 g/mol. The van der Waals surface area contributed by atoms with Crippen LogP contribution in [0.15, 0.2) is 0 Å². The van der Waals surface area contributed by atoms with E-state index in [-0.39, 0.29) is 0 Å². The third-order valence-corrected chi connectivity index (χ3v) is 1.38. The minimum atomic E-state index is -1.20. The molecule has 0 aliphatic heterocycles. The smallest absolute Gasteiger partial charge is 0.152 e. The van der Waals surface area contributed by atoms with Crippen LogP contribution in [-0.2, 0) is 0 Å². The summed E-state index contributed by atoms with van der Waals surface area (Å²) >= 11 is 0. The van der Waals surface area contributed by atoms with Crippen LogP contribution in [0.2, 0.25) is 0 Å². The van der Waals surface area contributed by atoms with Gasteiger partial charge >= 0.3 is 0 Å². The Balaban J connectivity index is 2.82. The third kappa shape index (κ3) is 9.80. The van der Waals surface area contributed by atoms with Crippen molar-refractivity contribution in [2.24, 2.45) is 5.73 Å². The first-order chi connectivity index (χ1) is 5.77. The molecule has 0 amide bonds. The van der Waals surface area contributed by atoms with Crippen molar-refractivity contribution in [1.29, 1.82) is 0 Å². The van der Waals surface area contributed by atoms with E-state index in [4.69, 9.17) is 15.9 Å². The molecule has 0 aliphatic carbocycles. The van der Waals surface area contributed by atoms with Gasteiger partial charge in [0.05, 0.1) is 0 Å². The molecule has 0 aromatic rings. The lowest BCUT2D eigenvalue weighted by Gasteiger charge is -2.06. The molecular formula is C7H19N3O2. The second-order valence-corrected chi connectivity index (χ2v) is 2.56. The summed E-state index contributed by atoms with van der Waals surface area (Å²) in [5, 5.41) is 23.1. The van der Waals surface area contributed by atoms with Gasteiger partial charge in [-0.25, -0.2) is 0 Å². The van der Waals surface area contributed by atoms with Crippen LogP contribution in [0.5, 0.6) is 0 Å². The number of hydrogen-bond donors (Lipinski definition) is 5. The van der Waals surface area contributed by atoms with Crippen molar-refractivity contribution in [2.75, 3.05) is 32.7 Å². The maximum Gasteiger partial charge on any atom is 0.152 e. The molecule has 12 heavy (non-hydrogen) atoms. The van der Waals surface area contributed by atoms with E-state index >= 15 is 0 Å². The Morgan fingerprint density at radius 1 is 1.00 bits per heavy atom. The molecule has 0 fully saturated rings. The molecule has 0 rings (SSSR count). The van der Waals surface area contributed by atoms with Crippen LogP contribution in [0.1, 0.15) is 6.42 Å². The summed E-state index contributed by atoms with van der Waals surface area (Å²) in [7, 11) is 0. The Bertz CT molecular complexity index is 90.7. The van der Waals surface area contributed by atoms with Crippen molar-refractivity contribution >= 4 is 0 Å². The highest BCUT2D eigenvalue weighted by atomic mass is 16.5. The second kappa shape index (κ2) is 8.89. The van der Waals surface area contributed by atoms with Crippen molar-refractivity contribution in [3.8, 4) is 0 Å². The van der Waals surface area contributed by atoms with Crippen molar-refractivity contribution in [3.63, 3.8) is 0 Å². The first-order valence-corrected chi connectivity index (χ1v) is 4.25. The van der Waals surface area contributed by atoms with Gasteiger partial charge in [0.25, 0.3) is 0 Å². The number of rotatable bonds is 8. The molecule has 0 aliphatic rings. The Morgan fingerprint density at radius 3 is 2.08 bits per heavy atom. The highest BCUT2D eigenvalue weighted by molar-refractivity contribution is 4.52. The molecule has 0 unspecified atom stereocenters. The fourth-order valence-electron chi connectivity index (χ4n) is 0.760. The fraction of sp³-hybridized carbons (Fsp3) is 1.00. The Morgan fingerprint density at radius 2 is 1.58 bits per heavy atom. The summed E-state index contributed by atoms with van der Waals surface area (Å²) in [5.41, 5.74) is 5.26. The largest absolute Gasteiger partial charge is 0.368 e. The van der Waals surface area contributed by atoms with E-state index in [9.17, 15) is 0 Å². The second-order valence-electron chi connectivity index (χ2n) is 2.56. The van der Waals surface area contributed by atoms with E-state index in [1.807, 2.05) is 0 Å². The van der Waals surface area contributed by atoms with Gasteiger partial charge in [-0.3, -0.25) is 0 Å². The summed E-state index contributed by atoms with van der Waals surface area (Å²) in [6.45, 7) is 3.78. The summed E-state index contributed by atoms with van der Waals surface area (Å²) in [6, 6.07) is 0. The fourth-order valence-corrected chi connectivity index (χ4v) is 0.760. The van der Waals surface area contributed by atoms with Gasteiger partial charge < -0.3 is 26.6 Å². The zero-order valence-electron chi connectivity index (χ0n) is 7.29. The highest BCUT2D eigenvalue weighted by Crippen LogP contribution is 1.80. The number of nitrogens with one attached hydrogen (secondary N) is 2. The van der Waals surface area contributed by atoms with Crippen molar-refractivity contribution in [1.82, 2.24) is 10.6 Å². The van der Waals surface area contributed by atoms with Crippen molar-refractivity contribution in [2.45, 2.75) is 12.7 Å². The van der Waals surface area contributed by atoms with Gasteiger partial charge in [0, 0.05) is 32.6 Å². The van der Waals surface area contributed by atoms with Gasteiger partial charge in [-0.15, -0.1) is 0 Å². The predicted molar refractivity (Wildman–Crippen MR) is 47.6 cm³/mol. The van der Waals surface area contributed by atoms with Crippen molar-refractivity contribution in [3.05, 3.63) is 0 Å². The molecule has 0 aromatic carbocycles. The Kier molecular flexibility index (Phi) is 8.74. The standard InChI is InChI=1S/C7H19N3O2/c8-2-4-10-6-5-9-3-1-7(11)12/h7,9-12H,1-6,8H2. The van der Waals surface area contributed by atoms with Gasteiger partial charge in [0.2, 0.25) is 0 Å². The van der Waals surface area contributed by atoms with Crippen LogP contribution in [0.25, 0.3) is 0 Å². The van der Waals surface area contributed by atoms with E-state index < -0.39 is 6.29 Å². The number of aliphatic hydroxyl groups is 2. The molecule has 0 bridgehead atoms. The van der Waals surface area contributed by atoms with Crippen molar-refractivity contribution < 1.29 is 10.2 Å². The molecule has 0 saturated heterocycles. The van der Waals surface area contributed by atoms with E-state index in [2.05, 4.69) is 10.6 Å². The molecule has 6 N–H and O–H groups in total. The van der Waals surface area contributed by atoms with E-state index in [1.54, 1.807) is 0 Å². The summed E-state index contributed by atoms with van der Waals surface area (Å²) in [4.78, 5) is 0. The first-order valence-electron chi connectivity index (χ1n) is 4.25. The van der Waals surface area contributed by atoms with E-state index in [1.165, 1.54) is 0 Å². The lowest BCUT2D eigenvalue weighted by molar-refractivity contribution is -0.0443. The van der Waals surface area contributed by atoms with Gasteiger partial charge in [0.1, 0.15) is 0 Å². The maximum absolute atomic E-state index is 8.48. The van der Waals surface area contributed by atoms with Crippen LogP contribution < -0.4 is 16.4 Å². The average Bonchev–Trinajstić information content (AvgIpc) is 2.02. The summed E-state index contributed by atoms with van der Waals surface area (Å²) in [6.07, 6.45) is -0.828. The number of hydrogen-bond acceptors (Lipinski definition) is 5. The summed E-state index contributed by atoms with van der Waals surface area (Å²) in [5.74, 6) is 0. The predicted octanol–water partition coefficient (Wildman–Crippen LogP) is -2.17. The average molecular weight is 177 g/mol. The van der Waals surface area contributed by atoms with Gasteiger partial charge in [-0.2, -0.15) is 0 Å². The Hall–Kier alpha value is -0.200. The molecule has 0 aromatic heterocycles. The topological polar surface area (TPSA) is 90.5 Å². The van der Waals surface area contributed by atoms with Gasteiger partial charge in [0.15, 0.2) is 6.29 Å². The maximum atomic E-state index is 8.48. The van der Waals surface area contributed by atoms with Gasteiger partial charge in [-0.05, 0) is 6.54 Å². The highest BCUT2D eigenvalue weighted by Gasteiger charge is 1.94. The first kappa shape index (κ1) is 11.8. The van der Waals surface area contributed by atoms with E-state index in [0.29, 0.717) is 19.5 Å². The number of aliphatic hydroxyl groups excluding tert-OH is 1. The molecule has 5 heteroatoms. The lowest BCUT2D eigenvalue weighted by atomic mass is 10.4. The minimum Gasteiger partial charge on any atom is -0.368 e. The molecule has 0 radical (unpaired) electrons. The van der Waals surface area contributed by atoms with E-state index in [0.717, 1.165) is 19.6 Å². The minimum absolute atomic E-state index is 0.372. The summed E-state index contributed by atoms with van der Waals surface area (Å²) < 4.78 is 0. The zero-order valence-corrected chi connectivity index (χ0v) is 7.29. The molecule has 0 heterocycles. The van der Waals surface area contributed by atoms with Crippen LogP contribution in [0.3, 0.4) is 0 Å². The van der Waals surface area contributed by atoms with Crippen LogP contribution >= 0.6 is 0 Å². The van der Waals surface area contributed by atoms with Crippen LogP contribution in [-0.4, -0.2) is 49.2 Å². The van der Waals surface area contributed by atoms with Gasteiger partial charge in [-0.1, -0.05) is 0 Å². The SMILES string of the molecule is NCCNCCNCCC(O)O. The molecule has 74 valence electrons. The normalized spacial score (nSPS) is 11.0. The number of nitrogens with two attached hydrogens (primary N) is 1. The van der Waals surface area contributed by atoms with Crippen LogP contribution in [0.4, 0.5) is 0 Å².